The van der Waals surface area contributed by atoms with E-state index in [2.05, 4.69) is 24.3 Å². The van der Waals surface area contributed by atoms with E-state index in [1.807, 2.05) is 37.0 Å². The van der Waals surface area contributed by atoms with Gasteiger partial charge in [-0.1, -0.05) is 29.3 Å². The molecule has 2 atom stereocenters. The van der Waals surface area contributed by atoms with Crippen LogP contribution in [0.15, 0.2) is 24.4 Å². The molecule has 0 spiro atoms. The lowest BCUT2D eigenvalue weighted by molar-refractivity contribution is 0.493. The number of halogens is 2. The molecule has 0 bridgehead atoms. The number of aryl methyl sites for hydroxylation is 2. The van der Waals surface area contributed by atoms with Crippen LogP contribution >= 0.6 is 23.2 Å². The summed E-state index contributed by atoms with van der Waals surface area (Å²) in [6.07, 6.45) is 2.04. The Hall–Kier alpha value is -1.03. The largest absolute Gasteiger partial charge is 0.303 e. The van der Waals surface area contributed by atoms with E-state index in [0.29, 0.717) is 10.0 Å². The van der Waals surface area contributed by atoms with E-state index < -0.39 is 0 Å². The van der Waals surface area contributed by atoms with Crippen molar-refractivity contribution in [3.05, 3.63) is 51.3 Å². The Morgan fingerprint density at radius 3 is 2.35 bits per heavy atom. The molecule has 0 fully saturated rings. The first-order valence-corrected chi connectivity index (χ1v) is 7.35. The van der Waals surface area contributed by atoms with Gasteiger partial charge >= 0.3 is 0 Å². The first kappa shape index (κ1) is 15.4. The Balaban J connectivity index is 2.14. The highest BCUT2D eigenvalue weighted by Gasteiger charge is 2.16. The fraction of sp³-hybridized carbons (Fsp3) is 0.400. The Labute approximate surface area is 129 Å². The number of aromatic nitrogens is 2. The highest BCUT2D eigenvalue weighted by molar-refractivity contribution is 6.35. The first-order valence-electron chi connectivity index (χ1n) is 6.59. The highest BCUT2D eigenvalue weighted by Crippen LogP contribution is 2.28. The van der Waals surface area contributed by atoms with Crippen LogP contribution in [0.1, 0.15) is 42.8 Å². The molecule has 0 aliphatic carbocycles. The van der Waals surface area contributed by atoms with Crippen LogP contribution in [0.3, 0.4) is 0 Å². The second kappa shape index (κ2) is 6.17. The lowest BCUT2D eigenvalue weighted by Gasteiger charge is -2.21. The maximum atomic E-state index is 6.25. The quantitative estimate of drug-likeness (QED) is 0.904. The zero-order chi connectivity index (χ0) is 14.9. The molecule has 108 valence electrons. The van der Waals surface area contributed by atoms with Crippen LogP contribution in [0, 0.1) is 6.92 Å². The molecule has 2 unspecified atom stereocenters. The van der Waals surface area contributed by atoms with Crippen molar-refractivity contribution in [2.75, 3.05) is 0 Å². The van der Waals surface area contributed by atoms with E-state index in [1.165, 1.54) is 5.56 Å². The van der Waals surface area contributed by atoms with Crippen LogP contribution < -0.4 is 5.32 Å². The van der Waals surface area contributed by atoms with Crippen LogP contribution in [-0.4, -0.2) is 9.78 Å². The molecule has 2 aromatic rings. The summed E-state index contributed by atoms with van der Waals surface area (Å²) in [6.45, 7) is 6.25. The predicted molar refractivity (Wildman–Crippen MR) is 84.4 cm³/mol. The Bertz CT molecular complexity index is 607. The SMILES string of the molecule is Cc1nn(C)cc1C(C)NC(C)c1ccc(Cl)cc1Cl. The lowest BCUT2D eigenvalue weighted by atomic mass is 10.0. The molecule has 5 heteroatoms. The maximum Gasteiger partial charge on any atom is 0.0641 e. The van der Waals surface area contributed by atoms with E-state index in [-0.39, 0.29) is 12.1 Å². The minimum atomic E-state index is 0.134. The third-order valence-electron chi connectivity index (χ3n) is 3.45. The Morgan fingerprint density at radius 2 is 1.80 bits per heavy atom. The van der Waals surface area contributed by atoms with Crippen molar-refractivity contribution >= 4 is 23.2 Å². The number of benzene rings is 1. The Morgan fingerprint density at radius 1 is 1.15 bits per heavy atom. The van der Waals surface area contributed by atoms with Crippen molar-refractivity contribution in [1.82, 2.24) is 15.1 Å². The Kier molecular flexibility index (Phi) is 4.74. The van der Waals surface area contributed by atoms with Crippen molar-refractivity contribution in [3.63, 3.8) is 0 Å². The molecule has 0 amide bonds. The smallest absolute Gasteiger partial charge is 0.0641 e. The average Bonchev–Trinajstić information content (AvgIpc) is 2.68. The molecule has 0 aliphatic rings. The monoisotopic (exact) mass is 311 g/mol. The zero-order valence-corrected chi connectivity index (χ0v) is 13.6. The number of nitrogens with zero attached hydrogens (tertiary/aromatic N) is 2. The van der Waals surface area contributed by atoms with E-state index in [4.69, 9.17) is 23.2 Å². The van der Waals surface area contributed by atoms with Gasteiger partial charge in [-0.2, -0.15) is 5.10 Å². The van der Waals surface area contributed by atoms with Crippen LogP contribution in [0.2, 0.25) is 10.0 Å². The topological polar surface area (TPSA) is 29.9 Å². The summed E-state index contributed by atoms with van der Waals surface area (Å²) < 4.78 is 1.84. The van der Waals surface area contributed by atoms with Gasteiger partial charge in [0.1, 0.15) is 0 Å². The summed E-state index contributed by atoms with van der Waals surface area (Å²) in [5.74, 6) is 0. The molecular weight excluding hydrogens is 293 g/mol. The summed E-state index contributed by atoms with van der Waals surface area (Å²) in [5.41, 5.74) is 3.29. The van der Waals surface area contributed by atoms with Crippen molar-refractivity contribution in [2.24, 2.45) is 7.05 Å². The number of hydrogen-bond acceptors (Lipinski definition) is 2. The highest BCUT2D eigenvalue weighted by atomic mass is 35.5. The minimum absolute atomic E-state index is 0.134. The summed E-state index contributed by atoms with van der Waals surface area (Å²) in [7, 11) is 1.93. The van der Waals surface area contributed by atoms with Gasteiger partial charge in [-0.15, -0.1) is 0 Å². The van der Waals surface area contributed by atoms with E-state index in [0.717, 1.165) is 11.3 Å². The second-order valence-electron chi connectivity index (χ2n) is 5.12. The van der Waals surface area contributed by atoms with E-state index in [9.17, 15) is 0 Å². The van der Waals surface area contributed by atoms with E-state index in [1.54, 1.807) is 6.07 Å². The maximum absolute atomic E-state index is 6.25. The van der Waals surface area contributed by atoms with Gasteiger partial charge in [0.2, 0.25) is 0 Å². The number of nitrogens with one attached hydrogen (secondary N) is 1. The van der Waals surface area contributed by atoms with Crippen LogP contribution in [-0.2, 0) is 7.05 Å². The molecule has 20 heavy (non-hydrogen) atoms. The normalized spacial score (nSPS) is 14.3. The summed E-state index contributed by atoms with van der Waals surface area (Å²) in [6, 6.07) is 5.93. The third kappa shape index (κ3) is 3.35. The molecule has 3 nitrogen and oxygen atoms in total. The summed E-state index contributed by atoms with van der Waals surface area (Å²) >= 11 is 12.2. The molecule has 0 saturated carbocycles. The molecular formula is C15H19Cl2N3. The first-order chi connectivity index (χ1) is 9.38. The van der Waals surface area contributed by atoms with Crippen molar-refractivity contribution < 1.29 is 0 Å². The lowest BCUT2D eigenvalue weighted by Crippen LogP contribution is -2.23. The van der Waals surface area contributed by atoms with Crippen LogP contribution in [0.4, 0.5) is 0 Å². The van der Waals surface area contributed by atoms with Gasteiger partial charge in [0.05, 0.1) is 5.69 Å². The van der Waals surface area contributed by atoms with Crippen molar-refractivity contribution in [3.8, 4) is 0 Å². The van der Waals surface area contributed by atoms with Gasteiger partial charge in [-0.25, -0.2) is 0 Å². The molecule has 2 rings (SSSR count). The van der Waals surface area contributed by atoms with Crippen LogP contribution in [0.5, 0.6) is 0 Å². The van der Waals surface area contributed by atoms with Crippen molar-refractivity contribution in [2.45, 2.75) is 32.9 Å². The molecule has 1 aromatic carbocycles. The summed E-state index contributed by atoms with van der Waals surface area (Å²) in [4.78, 5) is 0. The van der Waals surface area contributed by atoms with Gasteiger partial charge in [0, 0.05) is 40.9 Å². The standard InChI is InChI=1S/C15H19Cl2N3/c1-9(13-6-5-12(16)7-15(13)17)18-10(2)14-8-20(4)19-11(14)3/h5-10,18H,1-4H3. The molecule has 0 saturated heterocycles. The minimum Gasteiger partial charge on any atom is -0.303 e. The van der Waals surface area contributed by atoms with Gasteiger partial charge < -0.3 is 5.32 Å². The van der Waals surface area contributed by atoms with Gasteiger partial charge in [-0.3, -0.25) is 4.68 Å². The summed E-state index contributed by atoms with van der Waals surface area (Å²) in [5, 5.41) is 9.26. The second-order valence-corrected chi connectivity index (χ2v) is 5.96. The van der Waals surface area contributed by atoms with Gasteiger partial charge in [0.15, 0.2) is 0 Å². The van der Waals surface area contributed by atoms with Crippen molar-refractivity contribution in [1.29, 1.82) is 0 Å². The number of rotatable bonds is 4. The van der Waals surface area contributed by atoms with E-state index >= 15 is 0 Å². The fourth-order valence-electron chi connectivity index (χ4n) is 2.45. The third-order valence-corrected chi connectivity index (χ3v) is 4.01. The average molecular weight is 312 g/mol. The zero-order valence-electron chi connectivity index (χ0n) is 12.1. The predicted octanol–water partition coefficient (Wildman–Crippen LogP) is 4.45. The molecule has 0 radical (unpaired) electrons. The van der Waals surface area contributed by atoms with Crippen LogP contribution in [0.25, 0.3) is 0 Å². The molecule has 0 aliphatic heterocycles. The van der Waals surface area contributed by atoms with Gasteiger partial charge in [0.25, 0.3) is 0 Å². The molecule has 1 aromatic heterocycles. The molecule has 1 N–H and O–H groups in total. The number of hydrogen-bond donors (Lipinski definition) is 1. The van der Waals surface area contributed by atoms with Gasteiger partial charge in [-0.05, 0) is 38.5 Å². The fourth-order valence-corrected chi connectivity index (χ4v) is 3.02. The molecule has 1 heterocycles.